The van der Waals surface area contributed by atoms with Crippen molar-refractivity contribution in [2.45, 2.75) is 13.5 Å². The SMILES string of the molecule is Cc1ccc(NC(=O)c2cc(C(=O)NCc3ccccc3Cl)ccn2)cc1. The van der Waals surface area contributed by atoms with E-state index in [-0.39, 0.29) is 17.5 Å². The van der Waals surface area contributed by atoms with E-state index in [1.165, 1.54) is 12.3 Å². The second-order valence-electron chi connectivity index (χ2n) is 6.02. The minimum absolute atomic E-state index is 0.168. The van der Waals surface area contributed by atoms with Crippen LogP contribution >= 0.6 is 11.6 Å². The second-order valence-corrected chi connectivity index (χ2v) is 6.43. The highest BCUT2D eigenvalue weighted by Crippen LogP contribution is 2.15. The molecule has 0 aliphatic carbocycles. The molecule has 2 N–H and O–H groups in total. The lowest BCUT2D eigenvalue weighted by Crippen LogP contribution is -2.24. The number of benzene rings is 2. The Bertz CT molecular complexity index is 971. The van der Waals surface area contributed by atoms with Crippen molar-refractivity contribution in [3.8, 4) is 0 Å². The largest absolute Gasteiger partial charge is 0.348 e. The van der Waals surface area contributed by atoms with Crippen molar-refractivity contribution in [1.82, 2.24) is 10.3 Å². The molecule has 0 aliphatic rings. The van der Waals surface area contributed by atoms with Crippen LogP contribution in [0.3, 0.4) is 0 Å². The van der Waals surface area contributed by atoms with E-state index in [4.69, 9.17) is 11.6 Å². The lowest BCUT2D eigenvalue weighted by Gasteiger charge is -2.08. The molecule has 5 nitrogen and oxygen atoms in total. The molecule has 0 spiro atoms. The number of hydrogen-bond donors (Lipinski definition) is 2. The summed E-state index contributed by atoms with van der Waals surface area (Å²) in [6, 6.07) is 17.8. The van der Waals surface area contributed by atoms with E-state index < -0.39 is 0 Å². The summed E-state index contributed by atoms with van der Waals surface area (Å²) in [4.78, 5) is 28.8. The predicted molar refractivity (Wildman–Crippen MR) is 106 cm³/mol. The normalized spacial score (nSPS) is 10.3. The van der Waals surface area contributed by atoms with Crippen molar-refractivity contribution >= 4 is 29.1 Å². The molecule has 0 atom stereocenters. The number of carbonyl (C=O) groups excluding carboxylic acids is 2. The number of nitrogens with zero attached hydrogens (tertiary/aromatic N) is 1. The highest BCUT2D eigenvalue weighted by molar-refractivity contribution is 6.31. The number of aromatic nitrogens is 1. The van der Waals surface area contributed by atoms with E-state index in [0.29, 0.717) is 22.8 Å². The second kappa shape index (κ2) is 8.47. The number of amides is 2. The lowest BCUT2D eigenvalue weighted by atomic mass is 10.2. The molecule has 2 aromatic carbocycles. The number of hydrogen-bond acceptors (Lipinski definition) is 3. The third kappa shape index (κ3) is 4.92. The number of aryl methyl sites for hydroxylation is 1. The lowest BCUT2D eigenvalue weighted by molar-refractivity contribution is 0.0951. The summed E-state index contributed by atoms with van der Waals surface area (Å²) >= 11 is 6.09. The van der Waals surface area contributed by atoms with Gasteiger partial charge in [0.25, 0.3) is 11.8 Å². The summed E-state index contributed by atoms with van der Waals surface area (Å²) in [6.45, 7) is 2.27. The third-order valence-electron chi connectivity index (χ3n) is 3.96. The standard InChI is InChI=1S/C21H18ClN3O2/c1-14-6-8-17(9-7-14)25-21(27)19-12-15(10-11-23-19)20(26)24-13-16-4-2-3-5-18(16)22/h2-12H,13H2,1H3,(H,24,26)(H,25,27). The van der Waals surface area contributed by atoms with Crippen LogP contribution in [0.25, 0.3) is 0 Å². The Hall–Kier alpha value is -3.18. The van der Waals surface area contributed by atoms with E-state index in [1.807, 2.05) is 49.4 Å². The summed E-state index contributed by atoms with van der Waals surface area (Å²) < 4.78 is 0. The first-order valence-corrected chi connectivity index (χ1v) is 8.76. The Morgan fingerprint density at radius 3 is 2.48 bits per heavy atom. The minimum atomic E-state index is -0.375. The monoisotopic (exact) mass is 379 g/mol. The molecular formula is C21H18ClN3O2. The number of halogens is 1. The summed E-state index contributed by atoms with van der Waals surface area (Å²) in [6.07, 6.45) is 1.44. The van der Waals surface area contributed by atoms with Crippen molar-refractivity contribution in [1.29, 1.82) is 0 Å². The Morgan fingerprint density at radius 2 is 1.74 bits per heavy atom. The van der Waals surface area contributed by atoms with Crippen LogP contribution in [0, 0.1) is 6.92 Å². The smallest absolute Gasteiger partial charge is 0.274 e. The van der Waals surface area contributed by atoms with Crippen LogP contribution in [0.15, 0.2) is 66.9 Å². The molecule has 27 heavy (non-hydrogen) atoms. The Morgan fingerprint density at radius 1 is 1.00 bits per heavy atom. The van der Waals surface area contributed by atoms with Gasteiger partial charge in [-0.05, 0) is 42.8 Å². The van der Waals surface area contributed by atoms with Gasteiger partial charge in [-0.1, -0.05) is 47.5 Å². The molecule has 0 fully saturated rings. The maximum Gasteiger partial charge on any atom is 0.274 e. The number of nitrogens with one attached hydrogen (secondary N) is 2. The van der Waals surface area contributed by atoms with Crippen LogP contribution in [-0.4, -0.2) is 16.8 Å². The molecule has 0 bridgehead atoms. The molecule has 2 amide bonds. The Labute approximate surface area is 162 Å². The quantitative estimate of drug-likeness (QED) is 0.697. The maximum absolute atomic E-state index is 12.4. The maximum atomic E-state index is 12.4. The van der Waals surface area contributed by atoms with Gasteiger partial charge in [0.1, 0.15) is 5.69 Å². The fourth-order valence-corrected chi connectivity index (χ4v) is 2.65. The molecule has 0 saturated carbocycles. The van der Waals surface area contributed by atoms with Crippen LogP contribution in [0.2, 0.25) is 5.02 Å². The van der Waals surface area contributed by atoms with Gasteiger partial charge in [0.15, 0.2) is 0 Å². The number of anilines is 1. The van der Waals surface area contributed by atoms with Crippen LogP contribution in [0.1, 0.15) is 32.0 Å². The molecule has 0 unspecified atom stereocenters. The number of carbonyl (C=O) groups is 2. The van der Waals surface area contributed by atoms with Crippen molar-refractivity contribution in [3.63, 3.8) is 0 Å². The van der Waals surface area contributed by atoms with E-state index in [2.05, 4.69) is 15.6 Å². The molecule has 0 radical (unpaired) electrons. The van der Waals surface area contributed by atoms with Crippen LogP contribution in [0.5, 0.6) is 0 Å². The Balaban J connectivity index is 1.67. The first-order chi connectivity index (χ1) is 13.0. The van der Waals surface area contributed by atoms with Gasteiger partial charge in [-0.25, -0.2) is 0 Å². The fourth-order valence-electron chi connectivity index (χ4n) is 2.45. The molecule has 1 heterocycles. The first kappa shape index (κ1) is 18.6. The summed E-state index contributed by atoms with van der Waals surface area (Å²) in [5.74, 6) is -0.679. The average Bonchev–Trinajstić information content (AvgIpc) is 2.69. The molecule has 1 aromatic heterocycles. The van der Waals surface area contributed by atoms with Gasteiger partial charge < -0.3 is 10.6 Å². The van der Waals surface area contributed by atoms with Crippen molar-refractivity contribution in [2.24, 2.45) is 0 Å². The molecule has 3 aromatic rings. The topological polar surface area (TPSA) is 71.1 Å². The molecule has 3 rings (SSSR count). The minimum Gasteiger partial charge on any atom is -0.348 e. The van der Waals surface area contributed by atoms with Crippen LogP contribution in [-0.2, 0) is 6.54 Å². The molecule has 136 valence electrons. The zero-order valence-electron chi connectivity index (χ0n) is 14.7. The van der Waals surface area contributed by atoms with Gasteiger partial charge in [-0.3, -0.25) is 14.6 Å². The molecule has 6 heteroatoms. The highest BCUT2D eigenvalue weighted by Gasteiger charge is 2.12. The van der Waals surface area contributed by atoms with Crippen LogP contribution < -0.4 is 10.6 Å². The summed E-state index contributed by atoms with van der Waals surface area (Å²) in [5.41, 5.74) is 3.11. The number of pyridine rings is 1. The van der Waals surface area contributed by atoms with E-state index in [9.17, 15) is 9.59 Å². The number of rotatable bonds is 5. The van der Waals surface area contributed by atoms with Crippen molar-refractivity contribution in [2.75, 3.05) is 5.32 Å². The molecule has 0 saturated heterocycles. The van der Waals surface area contributed by atoms with Gasteiger partial charge >= 0.3 is 0 Å². The molecular weight excluding hydrogens is 362 g/mol. The van der Waals surface area contributed by atoms with Crippen LogP contribution in [0.4, 0.5) is 5.69 Å². The Kier molecular flexibility index (Phi) is 5.84. The highest BCUT2D eigenvalue weighted by atomic mass is 35.5. The van der Waals surface area contributed by atoms with Crippen molar-refractivity contribution in [3.05, 3.63) is 94.3 Å². The van der Waals surface area contributed by atoms with E-state index in [0.717, 1.165) is 11.1 Å². The van der Waals surface area contributed by atoms with E-state index >= 15 is 0 Å². The van der Waals surface area contributed by atoms with E-state index in [1.54, 1.807) is 12.1 Å². The third-order valence-corrected chi connectivity index (χ3v) is 4.33. The zero-order chi connectivity index (χ0) is 19.2. The van der Waals surface area contributed by atoms with Gasteiger partial charge in [-0.2, -0.15) is 0 Å². The summed E-state index contributed by atoms with van der Waals surface area (Å²) in [5, 5.41) is 6.15. The van der Waals surface area contributed by atoms with Gasteiger partial charge in [0.05, 0.1) is 0 Å². The van der Waals surface area contributed by atoms with Crippen molar-refractivity contribution < 1.29 is 9.59 Å². The summed E-state index contributed by atoms with van der Waals surface area (Å²) in [7, 11) is 0. The fraction of sp³-hybridized carbons (Fsp3) is 0.0952. The first-order valence-electron chi connectivity index (χ1n) is 8.38. The average molecular weight is 380 g/mol. The zero-order valence-corrected chi connectivity index (χ0v) is 15.5. The van der Waals surface area contributed by atoms with Gasteiger partial charge in [0, 0.05) is 29.0 Å². The van der Waals surface area contributed by atoms with Gasteiger partial charge in [0.2, 0.25) is 0 Å². The molecule has 0 aliphatic heterocycles. The predicted octanol–water partition coefficient (Wildman–Crippen LogP) is 4.23. The van der Waals surface area contributed by atoms with Gasteiger partial charge in [-0.15, -0.1) is 0 Å².